The van der Waals surface area contributed by atoms with Crippen LogP contribution >= 0.6 is 0 Å². The third kappa shape index (κ3) is 2.22. The molecule has 3 heteroatoms. The van der Waals surface area contributed by atoms with Crippen molar-refractivity contribution in [1.29, 1.82) is 0 Å². The molecule has 2 fully saturated rings. The molecule has 0 aliphatic heterocycles. The molecule has 19 heavy (non-hydrogen) atoms. The van der Waals surface area contributed by atoms with Crippen molar-refractivity contribution in [3.63, 3.8) is 0 Å². The van der Waals surface area contributed by atoms with Gasteiger partial charge in [-0.3, -0.25) is 4.79 Å². The summed E-state index contributed by atoms with van der Waals surface area (Å²) < 4.78 is 5.97. The Bertz CT molecular complexity index is 471. The summed E-state index contributed by atoms with van der Waals surface area (Å²) in [6.07, 6.45) is 7.53. The van der Waals surface area contributed by atoms with Crippen LogP contribution in [0, 0.1) is 0 Å². The molecule has 2 aliphatic carbocycles. The average molecular weight is 260 g/mol. The van der Waals surface area contributed by atoms with Crippen LogP contribution in [0.1, 0.15) is 50.5 Å². The minimum atomic E-state index is -0.697. The van der Waals surface area contributed by atoms with Crippen LogP contribution in [0.5, 0.6) is 5.75 Å². The second-order valence-electron chi connectivity index (χ2n) is 5.79. The van der Waals surface area contributed by atoms with Gasteiger partial charge in [-0.15, -0.1) is 0 Å². The van der Waals surface area contributed by atoms with Crippen molar-refractivity contribution in [1.82, 2.24) is 0 Å². The monoisotopic (exact) mass is 260 g/mol. The molecule has 0 radical (unpaired) electrons. The summed E-state index contributed by atoms with van der Waals surface area (Å²) in [4.78, 5) is 11.5. The minimum absolute atomic E-state index is 0.317. The quantitative estimate of drug-likeness (QED) is 0.901. The largest absolute Gasteiger partial charge is 0.490 e. The van der Waals surface area contributed by atoms with Gasteiger partial charge in [0.1, 0.15) is 5.75 Å². The lowest BCUT2D eigenvalue weighted by Gasteiger charge is -2.38. The first kappa shape index (κ1) is 12.5. The maximum Gasteiger partial charge on any atom is 0.314 e. The smallest absolute Gasteiger partial charge is 0.314 e. The molecule has 2 aliphatic rings. The Kier molecular flexibility index (Phi) is 3.21. The zero-order valence-corrected chi connectivity index (χ0v) is 11.1. The van der Waals surface area contributed by atoms with Crippen molar-refractivity contribution in [3.8, 4) is 5.75 Å². The van der Waals surface area contributed by atoms with Crippen LogP contribution in [0.25, 0.3) is 0 Å². The number of benzene rings is 1. The SMILES string of the molecule is O=C(O)C1(c2cccc(OC3CCCC3)c2)CCC1. The maximum atomic E-state index is 11.5. The van der Waals surface area contributed by atoms with Crippen LogP contribution in [0.4, 0.5) is 0 Å². The highest BCUT2D eigenvalue weighted by molar-refractivity contribution is 5.82. The van der Waals surface area contributed by atoms with Gasteiger partial charge >= 0.3 is 5.97 Å². The van der Waals surface area contributed by atoms with Gasteiger partial charge in [-0.1, -0.05) is 18.6 Å². The van der Waals surface area contributed by atoms with Crippen LogP contribution in [0.2, 0.25) is 0 Å². The van der Waals surface area contributed by atoms with E-state index in [1.807, 2.05) is 24.3 Å². The van der Waals surface area contributed by atoms with Crippen molar-refractivity contribution in [2.75, 3.05) is 0 Å². The molecular formula is C16H20O3. The van der Waals surface area contributed by atoms with E-state index in [1.54, 1.807) is 0 Å². The molecule has 1 N–H and O–H groups in total. The highest BCUT2D eigenvalue weighted by Gasteiger charge is 2.46. The van der Waals surface area contributed by atoms with E-state index in [0.29, 0.717) is 6.10 Å². The highest BCUT2D eigenvalue weighted by atomic mass is 16.5. The van der Waals surface area contributed by atoms with Gasteiger partial charge in [0, 0.05) is 0 Å². The van der Waals surface area contributed by atoms with Crippen LogP contribution in [0.3, 0.4) is 0 Å². The Morgan fingerprint density at radius 1 is 1.21 bits per heavy atom. The van der Waals surface area contributed by atoms with Gasteiger partial charge < -0.3 is 9.84 Å². The first-order chi connectivity index (χ1) is 9.21. The summed E-state index contributed by atoms with van der Waals surface area (Å²) in [6.45, 7) is 0. The van der Waals surface area contributed by atoms with E-state index >= 15 is 0 Å². The summed E-state index contributed by atoms with van der Waals surface area (Å²) >= 11 is 0. The highest BCUT2D eigenvalue weighted by Crippen LogP contribution is 2.44. The number of hydrogen-bond acceptors (Lipinski definition) is 2. The molecule has 0 spiro atoms. The second kappa shape index (κ2) is 4.87. The molecule has 3 nitrogen and oxygen atoms in total. The number of hydrogen-bond donors (Lipinski definition) is 1. The number of carbonyl (C=O) groups is 1. The second-order valence-corrected chi connectivity index (χ2v) is 5.79. The summed E-state index contributed by atoms with van der Waals surface area (Å²) in [5.41, 5.74) is 0.247. The van der Waals surface area contributed by atoms with Gasteiger partial charge in [0.2, 0.25) is 0 Å². The summed E-state index contributed by atoms with van der Waals surface area (Å²) in [6, 6.07) is 7.72. The first-order valence-electron chi connectivity index (χ1n) is 7.21. The molecule has 0 atom stereocenters. The lowest BCUT2D eigenvalue weighted by molar-refractivity contribution is -0.147. The van der Waals surface area contributed by atoms with E-state index in [9.17, 15) is 9.90 Å². The van der Waals surface area contributed by atoms with E-state index in [-0.39, 0.29) is 0 Å². The van der Waals surface area contributed by atoms with Crippen molar-refractivity contribution >= 4 is 5.97 Å². The third-order valence-electron chi connectivity index (χ3n) is 4.61. The van der Waals surface area contributed by atoms with Crippen molar-refractivity contribution < 1.29 is 14.6 Å². The third-order valence-corrected chi connectivity index (χ3v) is 4.61. The Balaban J connectivity index is 1.81. The molecule has 3 rings (SSSR count). The number of ether oxygens (including phenoxy) is 1. The zero-order valence-electron chi connectivity index (χ0n) is 11.1. The van der Waals surface area contributed by atoms with Crippen LogP contribution < -0.4 is 4.74 Å². The van der Waals surface area contributed by atoms with Gasteiger partial charge in [0.05, 0.1) is 11.5 Å². The maximum absolute atomic E-state index is 11.5. The van der Waals surface area contributed by atoms with Gasteiger partial charge in [-0.05, 0) is 56.2 Å². The molecule has 0 heterocycles. The lowest BCUT2D eigenvalue weighted by Crippen LogP contribution is -2.42. The average Bonchev–Trinajstić information content (AvgIpc) is 2.80. The minimum Gasteiger partial charge on any atom is -0.490 e. The fourth-order valence-electron chi connectivity index (χ4n) is 3.22. The normalized spacial score (nSPS) is 21.9. The van der Waals surface area contributed by atoms with Crippen LogP contribution in [0.15, 0.2) is 24.3 Å². The summed E-state index contributed by atoms with van der Waals surface area (Å²) in [5, 5.41) is 9.47. The molecule has 1 aromatic rings. The van der Waals surface area contributed by atoms with E-state index in [1.165, 1.54) is 12.8 Å². The molecule has 2 saturated carbocycles. The number of carboxylic acid groups (broad SMARTS) is 1. The van der Waals surface area contributed by atoms with E-state index in [2.05, 4.69) is 0 Å². The van der Waals surface area contributed by atoms with Gasteiger partial charge in [-0.2, -0.15) is 0 Å². The zero-order chi connectivity index (χ0) is 13.3. The summed E-state index contributed by atoms with van der Waals surface area (Å²) in [7, 11) is 0. The number of rotatable bonds is 4. The standard InChI is InChI=1S/C16H20O3/c17-15(18)16(9-4-10-16)12-5-3-8-14(11-12)19-13-6-1-2-7-13/h3,5,8,11,13H,1-2,4,6-7,9-10H2,(H,17,18). The molecular weight excluding hydrogens is 240 g/mol. The fraction of sp³-hybridized carbons (Fsp3) is 0.562. The van der Waals surface area contributed by atoms with Gasteiger partial charge in [0.15, 0.2) is 0 Å². The van der Waals surface area contributed by atoms with Crippen LogP contribution in [-0.2, 0) is 10.2 Å². The van der Waals surface area contributed by atoms with E-state index in [4.69, 9.17) is 4.74 Å². The molecule has 0 amide bonds. The Morgan fingerprint density at radius 2 is 1.95 bits per heavy atom. The number of carboxylic acids is 1. The lowest BCUT2D eigenvalue weighted by atomic mass is 9.64. The Hall–Kier alpha value is -1.51. The Morgan fingerprint density at radius 3 is 2.53 bits per heavy atom. The first-order valence-corrected chi connectivity index (χ1v) is 7.21. The molecule has 102 valence electrons. The van der Waals surface area contributed by atoms with E-state index in [0.717, 1.165) is 43.4 Å². The van der Waals surface area contributed by atoms with Crippen molar-refractivity contribution in [3.05, 3.63) is 29.8 Å². The van der Waals surface area contributed by atoms with Gasteiger partial charge in [0.25, 0.3) is 0 Å². The molecule has 0 saturated heterocycles. The fourth-order valence-corrected chi connectivity index (χ4v) is 3.22. The van der Waals surface area contributed by atoms with Crippen LogP contribution in [-0.4, -0.2) is 17.2 Å². The summed E-state index contributed by atoms with van der Waals surface area (Å²) in [5.74, 6) is 0.133. The topological polar surface area (TPSA) is 46.5 Å². The Labute approximate surface area is 113 Å². The van der Waals surface area contributed by atoms with Gasteiger partial charge in [-0.25, -0.2) is 0 Å². The van der Waals surface area contributed by atoms with Crippen molar-refractivity contribution in [2.45, 2.75) is 56.5 Å². The predicted molar refractivity (Wildman–Crippen MR) is 72.5 cm³/mol. The van der Waals surface area contributed by atoms with E-state index < -0.39 is 11.4 Å². The molecule has 0 aromatic heterocycles. The van der Waals surface area contributed by atoms with Crippen molar-refractivity contribution in [2.24, 2.45) is 0 Å². The molecule has 0 bridgehead atoms. The number of aliphatic carboxylic acids is 1. The predicted octanol–water partition coefficient (Wildman–Crippen LogP) is 3.51. The molecule has 1 aromatic carbocycles. The molecule has 0 unspecified atom stereocenters.